The summed E-state index contributed by atoms with van der Waals surface area (Å²) in [4.78, 5) is 13.5. The van der Waals surface area contributed by atoms with Gasteiger partial charge in [-0.15, -0.1) is 0 Å². The monoisotopic (exact) mass is 367 g/mol. The van der Waals surface area contributed by atoms with Gasteiger partial charge in [-0.2, -0.15) is 5.26 Å². The Hall–Kier alpha value is -3.98. The molecule has 0 aliphatic carbocycles. The molecule has 0 bridgehead atoms. The van der Waals surface area contributed by atoms with Crippen molar-refractivity contribution in [3.8, 4) is 34.3 Å². The van der Waals surface area contributed by atoms with E-state index in [1.54, 1.807) is 31.6 Å². The van der Waals surface area contributed by atoms with E-state index in [-0.39, 0.29) is 0 Å². The zero-order valence-electron chi connectivity index (χ0n) is 15.5. The lowest BCUT2D eigenvalue weighted by atomic mass is 10.0. The van der Waals surface area contributed by atoms with Gasteiger partial charge in [0, 0.05) is 30.4 Å². The molecule has 0 aliphatic rings. The van der Waals surface area contributed by atoms with Gasteiger partial charge in [-0.25, -0.2) is 9.97 Å². The number of hydrogen-bond donors (Lipinski definition) is 1. The summed E-state index contributed by atoms with van der Waals surface area (Å²) in [6, 6.07) is 17.3. The number of anilines is 1. The van der Waals surface area contributed by atoms with Gasteiger partial charge in [0.25, 0.3) is 0 Å². The van der Waals surface area contributed by atoms with E-state index in [4.69, 9.17) is 15.0 Å². The molecule has 136 valence electrons. The molecule has 0 aliphatic heterocycles. The first-order valence-electron chi connectivity index (χ1n) is 8.72. The van der Waals surface area contributed by atoms with Crippen LogP contribution in [0.2, 0.25) is 0 Å². The Morgan fingerprint density at radius 3 is 2.46 bits per heavy atom. The second-order valence-corrected chi connectivity index (χ2v) is 6.15. The summed E-state index contributed by atoms with van der Waals surface area (Å²) in [5, 5.41) is 13.0. The number of nitrogens with zero attached hydrogens (tertiary/aromatic N) is 4. The van der Waals surface area contributed by atoms with Crippen LogP contribution >= 0.6 is 0 Å². The molecule has 6 nitrogen and oxygen atoms in total. The first-order valence-corrected chi connectivity index (χ1v) is 8.72. The van der Waals surface area contributed by atoms with Crippen molar-refractivity contribution in [3.63, 3.8) is 0 Å². The summed E-state index contributed by atoms with van der Waals surface area (Å²) in [6.07, 6.45) is 3.45. The van der Waals surface area contributed by atoms with Crippen LogP contribution in [-0.4, -0.2) is 29.1 Å². The molecule has 2 aromatic heterocycles. The van der Waals surface area contributed by atoms with Gasteiger partial charge in [-0.05, 0) is 47.5 Å². The molecule has 4 rings (SSSR count). The number of benzene rings is 2. The van der Waals surface area contributed by atoms with E-state index in [9.17, 15) is 0 Å². The normalized spacial score (nSPS) is 10.5. The molecule has 0 radical (unpaired) electrons. The van der Waals surface area contributed by atoms with Crippen LogP contribution in [0.3, 0.4) is 0 Å². The number of ether oxygens (including phenoxy) is 1. The molecule has 6 heteroatoms. The van der Waals surface area contributed by atoms with Crippen LogP contribution in [0.1, 0.15) is 5.56 Å². The van der Waals surface area contributed by atoms with E-state index >= 15 is 0 Å². The van der Waals surface area contributed by atoms with Crippen molar-refractivity contribution in [2.75, 3.05) is 19.5 Å². The molecule has 4 aromatic rings. The average molecular weight is 367 g/mol. The maximum atomic E-state index is 9.01. The van der Waals surface area contributed by atoms with E-state index in [2.05, 4.69) is 21.4 Å². The third-order valence-corrected chi connectivity index (χ3v) is 4.49. The van der Waals surface area contributed by atoms with Crippen molar-refractivity contribution in [1.29, 1.82) is 5.26 Å². The van der Waals surface area contributed by atoms with E-state index in [1.807, 2.05) is 43.4 Å². The fraction of sp³-hybridized carbons (Fsp3) is 0.0909. The molecule has 1 N–H and O–H groups in total. The second kappa shape index (κ2) is 7.33. The van der Waals surface area contributed by atoms with Crippen LogP contribution < -0.4 is 10.1 Å². The van der Waals surface area contributed by atoms with E-state index in [0.29, 0.717) is 23.0 Å². The number of aromatic nitrogens is 3. The van der Waals surface area contributed by atoms with Gasteiger partial charge in [0.05, 0.1) is 18.7 Å². The maximum absolute atomic E-state index is 9.01. The minimum atomic E-state index is 0.578. The Bertz CT molecular complexity index is 1180. The number of nitrogens with one attached hydrogen (secondary N) is 1. The molecule has 2 heterocycles. The van der Waals surface area contributed by atoms with Crippen molar-refractivity contribution in [1.82, 2.24) is 15.0 Å². The molecule has 0 unspecified atom stereocenters. The minimum absolute atomic E-state index is 0.578. The van der Waals surface area contributed by atoms with Crippen molar-refractivity contribution >= 4 is 16.7 Å². The second-order valence-electron chi connectivity index (χ2n) is 6.15. The van der Waals surface area contributed by atoms with Crippen LogP contribution in [0.4, 0.5) is 5.82 Å². The van der Waals surface area contributed by atoms with Gasteiger partial charge in [-0.1, -0.05) is 12.1 Å². The Morgan fingerprint density at radius 2 is 1.82 bits per heavy atom. The number of rotatable bonds is 4. The molecule has 0 spiro atoms. The zero-order valence-corrected chi connectivity index (χ0v) is 15.5. The molecular formula is C22H17N5O. The minimum Gasteiger partial charge on any atom is -0.494 e. The predicted octanol–water partition coefficient (Wildman–Crippen LogP) is 4.28. The highest BCUT2D eigenvalue weighted by Gasteiger charge is 2.15. The van der Waals surface area contributed by atoms with Gasteiger partial charge in [0.2, 0.25) is 0 Å². The molecule has 0 atom stereocenters. The number of nitriles is 1. The highest BCUT2D eigenvalue weighted by atomic mass is 16.5. The third-order valence-electron chi connectivity index (χ3n) is 4.49. The Morgan fingerprint density at radius 1 is 1.00 bits per heavy atom. The summed E-state index contributed by atoms with van der Waals surface area (Å²) in [5.41, 5.74) is 4.12. The van der Waals surface area contributed by atoms with Crippen LogP contribution in [-0.2, 0) is 0 Å². The van der Waals surface area contributed by atoms with Crippen molar-refractivity contribution in [2.24, 2.45) is 0 Å². The molecular weight excluding hydrogens is 350 g/mol. The number of methoxy groups -OCH3 is 1. The predicted molar refractivity (Wildman–Crippen MR) is 109 cm³/mol. The SMILES string of the molecule is CNc1nc(-c2cccnc2)nc2c(OC)cc(-c3ccc(C#N)cc3)cc12. The van der Waals surface area contributed by atoms with Gasteiger partial charge in [-0.3, -0.25) is 4.98 Å². The first kappa shape index (κ1) is 17.4. The topological polar surface area (TPSA) is 83.7 Å². The molecule has 28 heavy (non-hydrogen) atoms. The van der Waals surface area contributed by atoms with Gasteiger partial charge in [0.15, 0.2) is 5.82 Å². The first-order chi connectivity index (χ1) is 13.7. The quantitative estimate of drug-likeness (QED) is 0.579. The molecule has 2 aromatic carbocycles. The summed E-state index contributed by atoms with van der Waals surface area (Å²) < 4.78 is 5.64. The van der Waals surface area contributed by atoms with E-state index in [0.717, 1.165) is 27.6 Å². The lowest BCUT2D eigenvalue weighted by Gasteiger charge is -2.13. The largest absolute Gasteiger partial charge is 0.494 e. The molecule has 0 fully saturated rings. The summed E-state index contributed by atoms with van der Waals surface area (Å²) in [6.45, 7) is 0. The van der Waals surface area contributed by atoms with Gasteiger partial charge < -0.3 is 10.1 Å². The highest BCUT2D eigenvalue weighted by Crippen LogP contribution is 2.35. The third kappa shape index (κ3) is 3.10. The maximum Gasteiger partial charge on any atom is 0.163 e. The van der Waals surface area contributed by atoms with E-state index in [1.165, 1.54) is 0 Å². The lowest BCUT2D eigenvalue weighted by Crippen LogP contribution is -2.01. The average Bonchev–Trinajstić information content (AvgIpc) is 2.78. The van der Waals surface area contributed by atoms with Crippen LogP contribution in [0.25, 0.3) is 33.4 Å². The standard InChI is InChI=1S/C22H17N5O/c1-24-22-18-10-17(15-7-5-14(12-23)6-8-15)11-19(28-2)20(18)26-21(27-22)16-4-3-9-25-13-16/h3-11,13H,1-2H3,(H,24,26,27). The summed E-state index contributed by atoms with van der Waals surface area (Å²) in [5.74, 6) is 1.94. The Kier molecular flexibility index (Phi) is 4.56. The van der Waals surface area contributed by atoms with Crippen LogP contribution in [0, 0.1) is 11.3 Å². The molecule has 0 saturated heterocycles. The van der Waals surface area contributed by atoms with Crippen molar-refractivity contribution < 1.29 is 4.74 Å². The molecule has 0 saturated carbocycles. The number of pyridine rings is 1. The van der Waals surface area contributed by atoms with Crippen LogP contribution in [0.15, 0.2) is 60.9 Å². The fourth-order valence-electron chi connectivity index (χ4n) is 3.07. The van der Waals surface area contributed by atoms with Crippen molar-refractivity contribution in [3.05, 3.63) is 66.5 Å². The zero-order chi connectivity index (χ0) is 19.5. The van der Waals surface area contributed by atoms with Crippen molar-refractivity contribution in [2.45, 2.75) is 0 Å². The number of hydrogen-bond acceptors (Lipinski definition) is 6. The Balaban J connectivity index is 1.94. The van der Waals surface area contributed by atoms with Gasteiger partial charge in [0.1, 0.15) is 17.1 Å². The van der Waals surface area contributed by atoms with Crippen LogP contribution in [0.5, 0.6) is 5.75 Å². The van der Waals surface area contributed by atoms with Gasteiger partial charge >= 0.3 is 0 Å². The number of fused-ring (bicyclic) bond motifs is 1. The summed E-state index contributed by atoms with van der Waals surface area (Å²) in [7, 11) is 3.46. The molecule has 0 amide bonds. The fourth-order valence-corrected chi connectivity index (χ4v) is 3.07. The Labute approximate surface area is 162 Å². The summed E-state index contributed by atoms with van der Waals surface area (Å²) >= 11 is 0. The van der Waals surface area contributed by atoms with E-state index < -0.39 is 0 Å². The smallest absolute Gasteiger partial charge is 0.163 e. The highest BCUT2D eigenvalue weighted by molar-refractivity contribution is 5.97. The lowest BCUT2D eigenvalue weighted by molar-refractivity contribution is 0.419.